The molecule has 0 atom stereocenters. The summed E-state index contributed by atoms with van der Waals surface area (Å²) in [5, 5.41) is 2.47. The molecule has 0 amide bonds. The molecule has 146 valence electrons. The number of aryl methyl sites for hydroxylation is 1. The van der Waals surface area contributed by atoms with Gasteiger partial charge in [0.1, 0.15) is 10.4 Å². The quantitative estimate of drug-likeness (QED) is 0.372. The molecule has 0 spiro atoms. The Morgan fingerprint density at radius 2 is 1.25 bits per heavy atom. The van der Waals surface area contributed by atoms with Crippen molar-refractivity contribution in [3.63, 3.8) is 0 Å². The van der Waals surface area contributed by atoms with Crippen molar-refractivity contribution in [1.29, 1.82) is 0 Å². The largest absolute Gasteiger partial charge is 0.533 e. The van der Waals surface area contributed by atoms with E-state index in [0.717, 1.165) is 27.2 Å². The Morgan fingerprint density at radius 3 is 1.68 bits per heavy atom. The van der Waals surface area contributed by atoms with Crippen molar-refractivity contribution in [2.45, 2.75) is 46.6 Å². The summed E-state index contributed by atoms with van der Waals surface area (Å²) in [6.07, 6.45) is 0. The smallest absolute Gasteiger partial charge is 0.320 e. The van der Waals surface area contributed by atoms with Crippen molar-refractivity contribution in [1.82, 2.24) is 4.98 Å². The minimum atomic E-state index is -2.65. The first-order chi connectivity index (χ1) is 13.2. The molecule has 0 aliphatic heterocycles. The first-order valence-electron chi connectivity index (χ1n) is 9.62. The van der Waals surface area contributed by atoms with Gasteiger partial charge >= 0.3 is 8.32 Å². The van der Waals surface area contributed by atoms with Crippen LogP contribution in [-0.2, 0) is 0 Å². The number of hydrogen-bond acceptors (Lipinski definition) is 2. The number of halogens is 1. The van der Waals surface area contributed by atoms with E-state index in [1.165, 1.54) is 10.4 Å². The summed E-state index contributed by atoms with van der Waals surface area (Å²) in [5.41, 5.74) is 3.19. The van der Waals surface area contributed by atoms with Crippen LogP contribution in [0, 0.1) is 20.8 Å². The van der Waals surface area contributed by atoms with Gasteiger partial charge in [0, 0.05) is 0 Å². The highest BCUT2D eigenvalue weighted by atomic mass is 79.9. The van der Waals surface area contributed by atoms with Crippen LogP contribution in [0.5, 0.6) is 5.75 Å². The lowest BCUT2D eigenvalue weighted by Crippen LogP contribution is -2.69. The molecule has 0 fully saturated rings. The second kappa shape index (κ2) is 7.84. The van der Waals surface area contributed by atoms with Crippen LogP contribution in [0.2, 0.25) is 5.04 Å². The van der Waals surface area contributed by atoms with Crippen LogP contribution in [0.15, 0.2) is 65.3 Å². The van der Waals surface area contributed by atoms with Crippen molar-refractivity contribution in [2.75, 3.05) is 0 Å². The molecule has 0 saturated carbocycles. The van der Waals surface area contributed by atoms with E-state index in [1.54, 1.807) is 0 Å². The SMILES string of the molecule is Cc1nc(Br)c(C)c(C)c1O[Si](c1ccccc1)(c1ccccc1)C(C)(C)C. The van der Waals surface area contributed by atoms with Crippen LogP contribution in [-0.4, -0.2) is 13.3 Å². The highest BCUT2D eigenvalue weighted by molar-refractivity contribution is 9.10. The number of pyridine rings is 1. The highest BCUT2D eigenvalue weighted by Gasteiger charge is 2.52. The van der Waals surface area contributed by atoms with Gasteiger partial charge in [0.25, 0.3) is 0 Å². The van der Waals surface area contributed by atoms with Crippen molar-refractivity contribution >= 4 is 34.6 Å². The second-order valence-electron chi connectivity index (χ2n) is 8.33. The van der Waals surface area contributed by atoms with Gasteiger partial charge in [-0.3, -0.25) is 0 Å². The maximum absolute atomic E-state index is 7.19. The molecule has 2 aromatic carbocycles. The molecule has 2 nitrogen and oxygen atoms in total. The van der Waals surface area contributed by atoms with Crippen molar-refractivity contribution in [3.05, 3.63) is 82.1 Å². The first-order valence-corrected chi connectivity index (χ1v) is 12.3. The fraction of sp³-hybridized carbons (Fsp3) is 0.292. The molecule has 3 aromatic rings. The van der Waals surface area contributed by atoms with E-state index >= 15 is 0 Å². The molecule has 0 aliphatic carbocycles. The van der Waals surface area contributed by atoms with Crippen molar-refractivity contribution in [3.8, 4) is 5.75 Å². The van der Waals surface area contributed by atoms with E-state index in [0.29, 0.717) is 0 Å². The van der Waals surface area contributed by atoms with Crippen molar-refractivity contribution in [2.24, 2.45) is 0 Å². The summed E-state index contributed by atoms with van der Waals surface area (Å²) < 4.78 is 8.08. The number of nitrogens with zero attached hydrogens (tertiary/aromatic N) is 1. The zero-order valence-electron chi connectivity index (χ0n) is 17.5. The summed E-state index contributed by atoms with van der Waals surface area (Å²) in [4.78, 5) is 4.70. The van der Waals surface area contributed by atoms with Gasteiger partial charge < -0.3 is 4.43 Å². The Labute approximate surface area is 178 Å². The molecule has 1 heterocycles. The standard InChI is InChI=1S/C24H28BrNOSi/c1-17-18(2)23(25)26-19(3)22(17)27-28(24(4,5)6,20-13-9-7-10-14-20)21-15-11-8-12-16-21/h7-16H,1-6H3. The molecule has 1 aromatic heterocycles. The fourth-order valence-corrected chi connectivity index (χ4v) is 8.93. The lowest BCUT2D eigenvalue weighted by molar-refractivity contribution is 0.498. The van der Waals surface area contributed by atoms with Crippen LogP contribution in [0.4, 0.5) is 0 Å². The number of rotatable bonds is 4. The zero-order chi connectivity index (χ0) is 20.5. The third-order valence-electron chi connectivity index (χ3n) is 5.48. The van der Waals surface area contributed by atoms with E-state index < -0.39 is 8.32 Å². The van der Waals surface area contributed by atoms with Gasteiger partial charge in [0.15, 0.2) is 0 Å². The molecule has 3 rings (SSSR count). The molecule has 4 heteroatoms. The van der Waals surface area contributed by atoms with E-state index in [9.17, 15) is 0 Å². The van der Waals surface area contributed by atoms with Crippen LogP contribution >= 0.6 is 15.9 Å². The maximum Gasteiger partial charge on any atom is 0.320 e. The summed E-state index contributed by atoms with van der Waals surface area (Å²) >= 11 is 3.58. The van der Waals surface area contributed by atoms with Crippen LogP contribution < -0.4 is 14.8 Å². The van der Waals surface area contributed by atoms with Gasteiger partial charge in [-0.1, -0.05) is 81.4 Å². The molecule has 0 saturated heterocycles. The monoisotopic (exact) mass is 453 g/mol. The minimum Gasteiger partial charge on any atom is -0.533 e. The normalized spacial score (nSPS) is 12.1. The van der Waals surface area contributed by atoms with Gasteiger partial charge in [-0.05, 0) is 63.2 Å². The lowest BCUT2D eigenvalue weighted by Gasteiger charge is -2.43. The van der Waals surface area contributed by atoms with Crippen LogP contribution in [0.25, 0.3) is 0 Å². The Kier molecular flexibility index (Phi) is 5.83. The van der Waals surface area contributed by atoms with Crippen molar-refractivity contribution < 1.29 is 4.43 Å². The van der Waals surface area contributed by atoms with E-state index in [-0.39, 0.29) is 5.04 Å². The number of aromatic nitrogens is 1. The van der Waals surface area contributed by atoms with Gasteiger partial charge in [-0.25, -0.2) is 4.98 Å². The Hall–Kier alpha value is -1.91. The van der Waals surface area contributed by atoms with Gasteiger partial charge in [0.2, 0.25) is 0 Å². The predicted molar refractivity (Wildman–Crippen MR) is 124 cm³/mol. The van der Waals surface area contributed by atoms with Gasteiger partial charge in [-0.2, -0.15) is 0 Å². The minimum absolute atomic E-state index is 0.0738. The third-order valence-corrected chi connectivity index (χ3v) is 11.2. The van der Waals surface area contributed by atoms with E-state index in [2.05, 4.69) is 111 Å². The van der Waals surface area contributed by atoms with Gasteiger partial charge in [-0.15, -0.1) is 0 Å². The summed E-state index contributed by atoms with van der Waals surface area (Å²) in [6.45, 7) is 13.1. The average molecular weight is 454 g/mol. The fourth-order valence-electron chi connectivity index (χ4n) is 3.83. The lowest BCUT2D eigenvalue weighted by atomic mass is 10.1. The number of benzene rings is 2. The average Bonchev–Trinajstić information content (AvgIpc) is 2.67. The van der Waals surface area contributed by atoms with Gasteiger partial charge in [0.05, 0.1) is 5.69 Å². The Balaban J connectivity index is 2.34. The van der Waals surface area contributed by atoms with E-state index in [4.69, 9.17) is 9.41 Å². The molecule has 0 radical (unpaired) electrons. The topological polar surface area (TPSA) is 22.1 Å². The number of hydrogen-bond donors (Lipinski definition) is 0. The summed E-state index contributed by atoms with van der Waals surface area (Å²) in [5.74, 6) is 0.912. The Morgan fingerprint density at radius 1 is 0.786 bits per heavy atom. The third kappa shape index (κ3) is 3.56. The van der Waals surface area contributed by atoms with E-state index in [1.807, 2.05) is 6.92 Å². The summed E-state index contributed by atoms with van der Waals surface area (Å²) in [6, 6.07) is 21.4. The molecule has 0 bridgehead atoms. The molecular weight excluding hydrogens is 426 g/mol. The Bertz CT molecular complexity index is 926. The molecule has 28 heavy (non-hydrogen) atoms. The molecular formula is C24H28BrNOSi. The predicted octanol–water partition coefficient (Wildman–Crippen LogP) is 5.71. The van der Waals surface area contributed by atoms with Crippen LogP contribution in [0.3, 0.4) is 0 Å². The molecule has 0 N–H and O–H groups in total. The maximum atomic E-state index is 7.19. The zero-order valence-corrected chi connectivity index (χ0v) is 20.1. The molecule has 0 aliphatic rings. The van der Waals surface area contributed by atoms with Crippen LogP contribution in [0.1, 0.15) is 37.6 Å². The summed E-state index contributed by atoms with van der Waals surface area (Å²) in [7, 11) is -2.65. The highest BCUT2D eigenvalue weighted by Crippen LogP contribution is 2.40. The first kappa shape index (κ1) is 20.8. The molecule has 0 unspecified atom stereocenters. The second-order valence-corrected chi connectivity index (χ2v) is 13.3.